The second-order valence-corrected chi connectivity index (χ2v) is 6.82. The van der Waals surface area contributed by atoms with Gasteiger partial charge in [-0.05, 0) is 48.2 Å². The van der Waals surface area contributed by atoms with Crippen LogP contribution in [0.2, 0.25) is 5.02 Å². The fraction of sp³-hybridized carbons (Fsp3) is 0.400. The van der Waals surface area contributed by atoms with Gasteiger partial charge in [-0.3, -0.25) is 0 Å². The summed E-state index contributed by atoms with van der Waals surface area (Å²) in [7, 11) is 1.53. The van der Waals surface area contributed by atoms with Gasteiger partial charge in [0.15, 0.2) is 17.3 Å². The van der Waals surface area contributed by atoms with E-state index in [-0.39, 0.29) is 24.8 Å². The summed E-state index contributed by atoms with van der Waals surface area (Å²) in [4.78, 5) is 0. The molecule has 0 heterocycles. The van der Waals surface area contributed by atoms with Crippen molar-refractivity contribution in [3.63, 3.8) is 0 Å². The fourth-order valence-electron chi connectivity index (χ4n) is 3.14. The lowest BCUT2D eigenvalue weighted by Crippen LogP contribution is -2.25. The van der Waals surface area contributed by atoms with Gasteiger partial charge in [-0.25, -0.2) is 4.39 Å². The van der Waals surface area contributed by atoms with E-state index >= 15 is 0 Å². The van der Waals surface area contributed by atoms with E-state index in [1.165, 1.54) is 38.9 Å². The standard InChI is InChI=1S/C20H23ClFNO2.ClH/c1-24-19-11-15(12-23-17-4-2-3-5-17)10-18(22)20(19)25-13-14-6-8-16(21)9-7-14;/h6-11,17,23H,2-5,12-13H2,1H3;1H. The minimum absolute atomic E-state index is 0. The molecule has 6 heteroatoms. The highest BCUT2D eigenvalue weighted by Gasteiger charge is 2.17. The van der Waals surface area contributed by atoms with E-state index in [0.717, 1.165) is 11.1 Å². The molecule has 0 aliphatic heterocycles. The second kappa shape index (κ2) is 10.0. The maximum atomic E-state index is 14.5. The fourth-order valence-corrected chi connectivity index (χ4v) is 3.27. The summed E-state index contributed by atoms with van der Waals surface area (Å²) in [6, 6.07) is 11.2. The third-order valence-electron chi connectivity index (χ3n) is 4.54. The van der Waals surface area contributed by atoms with Gasteiger partial charge in [-0.1, -0.05) is 36.6 Å². The first-order valence-corrected chi connectivity index (χ1v) is 9.00. The van der Waals surface area contributed by atoms with Gasteiger partial charge in [-0.15, -0.1) is 12.4 Å². The van der Waals surface area contributed by atoms with Crippen molar-refractivity contribution in [1.82, 2.24) is 5.32 Å². The first-order valence-electron chi connectivity index (χ1n) is 8.63. The van der Waals surface area contributed by atoms with Gasteiger partial charge < -0.3 is 14.8 Å². The molecule has 0 spiro atoms. The zero-order valence-corrected chi connectivity index (χ0v) is 16.3. The van der Waals surface area contributed by atoms with Crippen LogP contribution in [0.1, 0.15) is 36.8 Å². The predicted molar refractivity (Wildman–Crippen MR) is 105 cm³/mol. The Morgan fingerprint density at radius 2 is 1.81 bits per heavy atom. The van der Waals surface area contributed by atoms with Crippen LogP contribution in [0.4, 0.5) is 4.39 Å². The normalized spacial score (nSPS) is 14.1. The SMILES string of the molecule is COc1cc(CNC2CCCC2)cc(F)c1OCc1ccc(Cl)cc1.Cl. The van der Waals surface area contributed by atoms with Crippen molar-refractivity contribution >= 4 is 24.0 Å². The van der Waals surface area contributed by atoms with Crippen LogP contribution >= 0.6 is 24.0 Å². The molecular formula is C20H24Cl2FNO2. The van der Waals surface area contributed by atoms with Crippen LogP contribution in [-0.2, 0) is 13.2 Å². The number of halogens is 3. The zero-order chi connectivity index (χ0) is 17.6. The topological polar surface area (TPSA) is 30.5 Å². The summed E-state index contributed by atoms with van der Waals surface area (Å²) in [5, 5.41) is 4.14. The summed E-state index contributed by atoms with van der Waals surface area (Å²) in [6.07, 6.45) is 4.93. The number of hydrogen-bond acceptors (Lipinski definition) is 3. The van der Waals surface area contributed by atoms with E-state index in [4.69, 9.17) is 21.1 Å². The van der Waals surface area contributed by atoms with Crippen LogP contribution in [0, 0.1) is 5.82 Å². The molecule has 0 saturated heterocycles. The van der Waals surface area contributed by atoms with Crippen LogP contribution in [-0.4, -0.2) is 13.2 Å². The number of nitrogens with one attached hydrogen (secondary N) is 1. The van der Waals surface area contributed by atoms with Gasteiger partial charge >= 0.3 is 0 Å². The summed E-state index contributed by atoms with van der Waals surface area (Å²) >= 11 is 5.87. The quantitative estimate of drug-likeness (QED) is 0.664. The molecule has 1 N–H and O–H groups in total. The van der Waals surface area contributed by atoms with Crippen molar-refractivity contribution in [2.24, 2.45) is 0 Å². The van der Waals surface area contributed by atoms with Crippen molar-refractivity contribution in [3.05, 3.63) is 58.4 Å². The zero-order valence-electron chi connectivity index (χ0n) is 14.8. The Bertz CT molecular complexity index is 704. The molecule has 3 nitrogen and oxygen atoms in total. The minimum atomic E-state index is -0.406. The number of hydrogen-bond donors (Lipinski definition) is 1. The average molecular weight is 400 g/mol. The Morgan fingerprint density at radius 1 is 1.12 bits per heavy atom. The molecule has 26 heavy (non-hydrogen) atoms. The molecule has 0 bridgehead atoms. The Morgan fingerprint density at radius 3 is 2.46 bits per heavy atom. The lowest BCUT2D eigenvalue weighted by atomic mass is 10.1. The van der Waals surface area contributed by atoms with E-state index in [1.807, 2.05) is 18.2 Å². The van der Waals surface area contributed by atoms with Crippen LogP contribution < -0.4 is 14.8 Å². The molecular weight excluding hydrogens is 376 g/mol. The maximum Gasteiger partial charge on any atom is 0.197 e. The molecule has 142 valence electrons. The lowest BCUT2D eigenvalue weighted by Gasteiger charge is -2.15. The Labute approximate surface area is 165 Å². The van der Waals surface area contributed by atoms with Crippen molar-refractivity contribution in [3.8, 4) is 11.5 Å². The minimum Gasteiger partial charge on any atom is -0.493 e. The van der Waals surface area contributed by atoms with E-state index in [2.05, 4.69) is 5.32 Å². The van der Waals surface area contributed by atoms with Crippen LogP contribution in [0.3, 0.4) is 0 Å². The van der Waals surface area contributed by atoms with Gasteiger partial charge in [0.05, 0.1) is 7.11 Å². The molecule has 1 aliphatic rings. The molecule has 0 aromatic heterocycles. The molecule has 1 aliphatic carbocycles. The largest absolute Gasteiger partial charge is 0.493 e. The molecule has 1 saturated carbocycles. The van der Waals surface area contributed by atoms with Gasteiger partial charge in [0.1, 0.15) is 6.61 Å². The number of rotatable bonds is 7. The Hall–Kier alpha value is -1.49. The van der Waals surface area contributed by atoms with E-state index in [1.54, 1.807) is 12.1 Å². The average Bonchev–Trinajstić information content (AvgIpc) is 3.13. The number of benzene rings is 2. The van der Waals surface area contributed by atoms with Crippen molar-refractivity contribution < 1.29 is 13.9 Å². The molecule has 2 aromatic rings. The summed E-state index contributed by atoms with van der Waals surface area (Å²) in [5.74, 6) is 0.149. The summed E-state index contributed by atoms with van der Waals surface area (Å²) in [6.45, 7) is 0.888. The van der Waals surface area contributed by atoms with Crippen molar-refractivity contribution in [2.45, 2.75) is 44.9 Å². The first kappa shape index (κ1) is 20.8. The third-order valence-corrected chi connectivity index (χ3v) is 4.79. The van der Waals surface area contributed by atoms with Crippen LogP contribution in [0.5, 0.6) is 11.5 Å². The predicted octanol–water partition coefficient (Wildman–Crippen LogP) is 5.52. The monoisotopic (exact) mass is 399 g/mol. The van der Waals surface area contributed by atoms with E-state index in [0.29, 0.717) is 23.4 Å². The maximum absolute atomic E-state index is 14.5. The van der Waals surface area contributed by atoms with Crippen molar-refractivity contribution in [1.29, 1.82) is 0 Å². The van der Waals surface area contributed by atoms with E-state index < -0.39 is 5.82 Å². The second-order valence-electron chi connectivity index (χ2n) is 6.39. The first-order chi connectivity index (χ1) is 12.2. The number of ether oxygens (including phenoxy) is 2. The Balaban J connectivity index is 0.00000243. The van der Waals surface area contributed by atoms with Crippen LogP contribution in [0.15, 0.2) is 36.4 Å². The summed E-state index contributed by atoms with van der Waals surface area (Å²) < 4.78 is 25.5. The highest BCUT2D eigenvalue weighted by atomic mass is 35.5. The molecule has 1 fully saturated rings. The van der Waals surface area contributed by atoms with Gasteiger partial charge in [0.2, 0.25) is 0 Å². The summed E-state index contributed by atoms with van der Waals surface area (Å²) in [5.41, 5.74) is 1.78. The molecule has 2 aromatic carbocycles. The third kappa shape index (κ3) is 5.50. The van der Waals surface area contributed by atoms with Crippen molar-refractivity contribution in [2.75, 3.05) is 7.11 Å². The molecule has 0 atom stereocenters. The smallest absolute Gasteiger partial charge is 0.197 e. The van der Waals surface area contributed by atoms with Gasteiger partial charge in [0, 0.05) is 17.6 Å². The van der Waals surface area contributed by atoms with E-state index in [9.17, 15) is 4.39 Å². The molecule has 0 unspecified atom stereocenters. The molecule has 0 amide bonds. The number of methoxy groups -OCH3 is 1. The highest BCUT2D eigenvalue weighted by Crippen LogP contribution is 2.32. The molecule has 3 rings (SSSR count). The lowest BCUT2D eigenvalue weighted by molar-refractivity contribution is 0.269. The van der Waals surface area contributed by atoms with Gasteiger partial charge in [0.25, 0.3) is 0 Å². The van der Waals surface area contributed by atoms with Gasteiger partial charge in [-0.2, -0.15) is 0 Å². The Kier molecular flexibility index (Phi) is 8.01. The molecule has 0 radical (unpaired) electrons. The highest BCUT2D eigenvalue weighted by molar-refractivity contribution is 6.30. The van der Waals surface area contributed by atoms with Crippen LogP contribution in [0.25, 0.3) is 0 Å².